The topological polar surface area (TPSA) is 137 Å². The Hall–Kier alpha value is -4.48. The van der Waals surface area contributed by atoms with E-state index in [1.807, 2.05) is 0 Å². The van der Waals surface area contributed by atoms with E-state index in [4.69, 9.17) is 11.1 Å². The van der Waals surface area contributed by atoms with Gasteiger partial charge in [0.1, 0.15) is 11.6 Å². The van der Waals surface area contributed by atoms with Crippen molar-refractivity contribution in [2.24, 2.45) is 5.92 Å². The van der Waals surface area contributed by atoms with Crippen molar-refractivity contribution in [1.29, 1.82) is 5.41 Å². The smallest absolute Gasteiger partial charge is 0.382 e. The van der Waals surface area contributed by atoms with E-state index in [1.165, 1.54) is 25.3 Å². The molecule has 0 saturated carbocycles. The van der Waals surface area contributed by atoms with Crippen LogP contribution in [0.5, 0.6) is 0 Å². The number of aromatic nitrogens is 2. The lowest BCUT2D eigenvalue weighted by molar-refractivity contribution is -0.137. The van der Waals surface area contributed by atoms with Crippen LogP contribution in [0.1, 0.15) is 41.3 Å². The number of likely N-dealkylation sites (tertiary alicyclic amines) is 1. The molecule has 9 nitrogen and oxygen atoms in total. The summed E-state index contributed by atoms with van der Waals surface area (Å²) < 4.78 is 38.8. The van der Waals surface area contributed by atoms with Gasteiger partial charge >= 0.3 is 6.18 Å². The van der Waals surface area contributed by atoms with Gasteiger partial charge in [-0.05, 0) is 55.3 Å². The first-order valence-corrected chi connectivity index (χ1v) is 11.8. The number of pyridine rings is 2. The Labute approximate surface area is 216 Å². The zero-order chi connectivity index (χ0) is 27.4. The minimum Gasteiger partial charge on any atom is -0.382 e. The number of hydrogen-bond donors (Lipinski definition) is 4. The van der Waals surface area contributed by atoms with Crippen molar-refractivity contribution >= 4 is 40.5 Å². The van der Waals surface area contributed by atoms with Gasteiger partial charge in [0.25, 0.3) is 5.91 Å². The number of nitrogen functional groups attached to an aromatic ring is 1. The third kappa shape index (κ3) is 6.07. The second-order valence-electron chi connectivity index (χ2n) is 8.92. The van der Waals surface area contributed by atoms with Gasteiger partial charge in [0, 0.05) is 60.9 Å². The van der Waals surface area contributed by atoms with E-state index in [0.717, 1.165) is 31.2 Å². The van der Waals surface area contributed by atoms with Crippen LogP contribution in [0.25, 0.3) is 0 Å². The molecule has 2 aromatic heterocycles. The highest BCUT2D eigenvalue weighted by Crippen LogP contribution is 2.31. The summed E-state index contributed by atoms with van der Waals surface area (Å²) >= 11 is 0. The third-order valence-electron chi connectivity index (χ3n) is 6.29. The Balaban J connectivity index is 1.49. The van der Waals surface area contributed by atoms with Gasteiger partial charge in [0.2, 0.25) is 5.91 Å². The molecule has 0 unspecified atom stereocenters. The van der Waals surface area contributed by atoms with Crippen molar-refractivity contribution in [3.8, 4) is 0 Å². The van der Waals surface area contributed by atoms with Gasteiger partial charge in [-0.15, -0.1) is 0 Å². The van der Waals surface area contributed by atoms with Crippen molar-refractivity contribution in [2.45, 2.75) is 25.9 Å². The van der Waals surface area contributed by atoms with Crippen LogP contribution in [0.3, 0.4) is 0 Å². The van der Waals surface area contributed by atoms with Gasteiger partial charge in [-0.3, -0.25) is 9.59 Å². The van der Waals surface area contributed by atoms with Gasteiger partial charge < -0.3 is 26.7 Å². The summed E-state index contributed by atoms with van der Waals surface area (Å²) in [6, 6.07) is 9.47. The van der Waals surface area contributed by atoms with E-state index >= 15 is 0 Å². The molecular weight excluding hydrogens is 499 g/mol. The number of piperidine rings is 1. The maximum atomic E-state index is 12.9. The Bertz CT molecular complexity index is 1360. The van der Waals surface area contributed by atoms with Crippen LogP contribution in [-0.4, -0.2) is 45.5 Å². The highest BCUT2D eigenvalue weighted by Gasteiger charge is 2.31. The number of rotatable bonds is 6. The molecule has 1 aliphatic rings. The number of anilines is 4. The molecular formula is C26H26F3N7O2. The maximum Gasteiger partial charge on any atom is 0.416 e. The predicted octanol–water partition coefficient (Wildman–Crippen LogP) is 4.70. The van der Waals surface area contributed by atoms with Crippen LogP contribution < -0.4 is 16.4 Å². The number of carbonyl (C=O) groups is 2. The summed E-state index contributed by atoms with van der Waals surface area (Å²) in [4.78, 5) is 34.0. The summed E-state index contributed by atoms with van der Waals surface area (Å²) in [6.45, 7) is 2.65. The van der Waals surface area contributed by atoms with Crippen molar-refractivity contribution in [3.05, 3.63) is 71.5 Å². The molecule has 1 fully saturated rings. The van der Waals surface area contributed by atoms with Crippen molar-refractivity contribution < 1.29 is 22.8 Å². The molecule has 3 aromatic rings. The first-order chi connectivity index (χ1) is 18.0. The highest BCUT2D eigenvalue weighted by atomic mass is 19.4. The number of halogens is 3. The summed E-state index contributed by atoms with van der Waals surface area (Å²) in [5.74, 6) is -0.832. The van der Waals surface area contributed by atoms with E-state index in [1.54, 1.807) is 23.1 Å². The number of alkyl halides is 3. The third-order valence-corrected chi connectivity index (χ3v) is 6.29. The van der Waals surface area contributed by atoms with Crippen molar-refractivity contribution in [3.63, 3.8) is 0 Å². The molecule has 1 atom stereocenters. The van der Waals surface area contributed by atoms with Crippen LogP contribution >= 0.6 is 0 Å². The molecule has 4 rings (SSSR count). The van der Waals surface area contributed by atoms with Gasteiger partial charge in [0.05, 0.1) is 11.3 Å². The van der Waals surface area contributed by atoms with E-state index < -0.39 is 17.6 Å². The zero-order valence-corrected chi connectivity index (χ0v) is 20.5. The Morgan fingerprint density at radius 2 is 1.82 bits per heavy atom. The lowest BCUT2D eigenvalue weighted by Gasteiger charge is -2.33. The largest absolute Gasteiger partial charge is 0.416 e. The van der Waals surface area contributed by atoms with E-state index in [-0.39, 0.29) is 29.0 Å². The first kappa shape index (κ1) is 26.6. The monoisotopic (exact) mass is 525 g/mol. The number of hydrogen-bond acceptors (Lipinski definition) is 7. The molecule has 0 spiro atoms. The van der Waals surface area contributed by atoms with Crippen LogP contribution in [0.15, 0.2) is 54.9 Å². The summed E-state index contributed by atoms with van der Waals surface area (Å²) in [7, 11) is 0. The maximum absolute atomic E-state index is 12.9. The normalized spacial score (nSPS) is 15.6. The van der Waals surface area contributed by atoms with Crippen molar-refractivity contribution in [1.82, 2.24) is 14.9 Å². The van der Waals surface area contributed by atoms with E-state index in [9.17, 15) is 22.8 Å². The Kier molecular flexibility index (Phi) is 7.60. The molecule has 5 N–H and O–H groups in total. The van der Waals surface area contributed by atoms with Crippen LogP contribution in [0, 0.1) is 11.3 Å². The lowest BCUT2D eigenvalue weighted by Crippen LogP contribution is -2.41. The number of benzene rings is 1. The molecule has 12 heteroatoms. The number of amides is 2. The minimum atomic E-state index is -4.55. The standard InChI is InChI=1S/C26H26F3N7O2/c1-15(37)36-12-2-3-17(14-36)22(30)20-9-11-33-24(31)23(20)34-19-6-4-16(5-7-19)25(38)35-21-13-18(8-10-32-21)26(27,28)29/h4-11,13,17,30,34H,2-3,12,14H2,1H3,(H2,31,33)(H,32,35,38)/t17-/m1/s1. The molecule has 0 radical (unpaired) electrons. The number of carbonyl (C=O) groups excluding carboxylic acids is 2. The molecule has 198 valence electrons. The number of nitrogens with two attached hydrogens (primary N) is 1. The fourth-order valence-electron chi connectivity index (χ4n) is 4.27. The van der Waals surface area contributed by atoms with Gasteiger partial charge in [0.15, 0.2) is 0 Å². The van der Waals surface area contributed by atoms with Gasteiger partial charge in [-0.2, -0.15) is 13.2 Å². The minimum absolute atomic E-state index is 0.0249. The molecule has 2 amide bonds. The molecule has 3 heterocycles. The first-order valence-electron chi connectivity index (χ1n) is 11.8. The number of nitrogens with zero attached hydrogens (tertiary/aromatic N) is 3. The Morgan fingerprint density at radius 1 is 1.11 bits per heavy atom. The summed E-state index contributed by atoms with van der Waals surface area (Å²) in [6.07, 6.45) is -0.484. The fraction of sp³-hybridized carbons (Fsp3) is 0.269. The quantitative estimate of drug-likeness (QED) is 0.344. The molecule has 38 heavy (non-hydrogen) atoms. The SMILES string of the molecule is CC(=O)N1CCC[C@@H](C(=N)c2ccnc(N)c2Nc2ccc(C(=O)Nc3cc(C(F)(F)F)ccn3)cc2)C1. The second kappa shape index (κ2) is 10.9. The summed E-state index contributed by atoms with van der Waals surface area (Å²) in [5.41, 5.74) is 7.31. The second-order valence-corrected chi connectivity index (χ2v) is 8.92. The molecule has 1 aliphatic heterocycles. The highest BCUT2D eigenvalue weighted by molar-refractivity contribution is 6.07. The van der Waals surface area contributed by atoms with Crippen LogP contribution in [-0.2, 0) is 11.0 Å². The lowest BCUT2D eigenvalue weighted by atomic mass is 9.88. The van der Waals surface area contributed by atoms with Crippen molar-refractivity contribution in [2.75, 3.05) is 29.5 Å². The Morgan fingerprint density at radius 3 is 2.50 bits per heavy atom. The zero-order valence-electron chi connectivity index (χ0n) is 20.5. The van der Waals surface area contributed by atoms with E-state index in [2.05, 4.69) is 20.6 Å². The molecule has 0 bridgehead atoms. The van der Waals surface area contributed by atoms with Gasteiger partial charge in [-0.1, -0.05) is 0 Å². The predicted molar refractivity (Wildman–Crippen MR) is 137 cm³/mol. The summed E-state index contributed by atoms with van der Waals surface area (Å²) in [5, 5.41) is 14.3. The average Bonchev–Trinajstić information content (AvgIpc) is 2.89. The molecule has 1 aromatic carbocycles. The number of nitrogens with one attached hydrogen (secondary N) is 3. The molecule has 1 saturated heterocycles. The van der Waals surface area contributed by atoms with Crippen LogP contribution in [0.4, 0.5) is 36.2 Å². The molecule has 0 aliphatic carbocycles. The van der Waals surface area contributed by atoms with Gasteiger partial charge in [-0.25, -0.2) is 9.97 Å². The van der Waals surface area contributed by atoms with E-state index in [0.29, 0.717) is 35.7 Å². The van der Waals surface area contributed by atoms with Crippen LogP contribution in [0.2, 0.25) is 0 Å². The fourth-order valence-corrected chi connectivity index (χ4v) is 4.27. The average molecular weight is 526 g/mol.